The van der Waals surface area contributed by atoms with Crippen LogP contribution in [0.2, 0.25) is 0 Å². The molecule has 0 aliphatic heterocycles. The van der Waals surface area contributed by atoms with Gasteiger partial charge in [0.05, 0.1) is 11.9 Å². The van der Waals surface area contributed by atoms with Crippen LogP contribution in [0.25, 0.3) is 17.2 Å². The summed E-state index contributed by atoms with van der Waals surface area (Å²) >= 11 is 2.21. The summed E-state index contributed by atoms with van der Waals surface area (Å²) in [5, 5.41) is 2.95. The molecule has 22 heavy (non-hydrogen) atoms. The first-order valence-corrected chi connectivity index (χ1v) is 7.93. The molecule has 0 saturated heterocycles. The molecule has 0 saturated carbocycles. The lowest BCUT2D eigenvalue weighted by molar-refractivity contribution is -0.658. The Balaban J connectivity index is 1.86. The van der Waals surface area contributed by atoms with Gasteiger partial charge in [0, 0.05) is 3.57 Å². The summed E-state index contributed by atoms with van der Waals surface area (Å²) in [4.78, 5) is 12.3. The maximum Gasteiger partial charge on any atom is 0.266 e. The second-order valence-electron chi connectivity index (χ2n) is 4.85. The fourth-order valence-electron chi connectivity index (χ4n) is 2.38. The van der Waals surface area contributed by atoms with Gasteiger partial charge in [-0.05, 0) is 46.9 Å². The van der Waals surface area contributed by atoms with Crippen LogP contribution < -0.4 is 9.88 Å². The zero-order chi connectivity index (χ0) is 15.5. The molecule has 1 amide bonds. The van der Waals surface area contributed by atoms with E-state index in [1.165, 1.54) is 0 Å². The molecule has 0 bridgehead atoms. The van der Waals surface area contributed by atoms with Gasteiger partial charge in [-0.3, -0.25) is 4.79 Å². The number of para-hydroxylation sites is 3. The van der Waals surface area contributed by atoms with Crippen molar-refractivity contribution in [1.29, 1.82) is 0 Å². The van der Waals surface area contributed by atoms with Gasteiger partial charge in [0.25, 0.3) is 5.91 Å². The number of halogens is 1. The highest BCUT2D eigenvalue weighted by atomic mass is 127. The molecule has 0 radical (unpaired) electrons. The van der Waals surface area contributed by atoms with Crippen molar-refractivity contribution >= 4 is 51.4 Å². The van der Waals surface area contributed by atoms with E-state index in [1.54, 1.807) is 6.20 Å². The number of amides is 1. The Hall–Kier alpha value is -2.15. The molecule has 4 nitrogen and oxygen atoms in total. The molecule has 0 fully saturated rings. The molecular formula is C17H15IN3O+. The normalized spacial score (nSPS) is 10.6. The predicted molar refractivity (Wildman–Crippen MR) is 96.3 cm³/mol. The first kappa shape index (κ1) is 14.8. The number of imidazole rings is 1. The molecule has 0 unspecified atom stereocenters. The van der Waals surface area contributed by atoms with Crippen LogP contribution in [0, 0.1) is 3.57 Å². The van der Waals surface area contributed by atoms with Crippen LogP contribution >= 0.6 is 22.6 Å². The predicted octanol–water partition coefficient (Wildman–Crippen LogP) is 3.27. The van der Waals surface area contributed by atoms with E-state index in [0.717, 1.165) is 20.3 Å². The third kappa shape index (κ3) is 2.89. The Morgan fingerprint density at radius 2 is 1.95 bits per heavy atom. The number of hydrogen-bond donors (Lipinski definition) is 1. The Morgan fingerprint density at radius 1 is 1.23 bits per heavy atom. The molecule has 3 rings (SSSR count). The smallest absolute Gasteiger partial charge is 0.266 e. The third-order valence-electron chi connectivity index (χ3n) is 3.39. The fourth-order valence-corrected chi connectivity index (χ4v) is 2.90. The molecule has 0 aliphatic carbocycles. The molecule has 0 atom stereocenters. The number of nitrogens with one attached hydrogen (secondary N) is 1. The number of nitrogens with zero attached hydrogens (tertiary/aromatic N) is 2. The lowest BCUT2D eigenvalue weighted by Crippen LogP contribution is -2.39. The summed E-state index contributed by atoms with van der Waals surface area (Å²) in [5.74, 6) is -0.0546. The molecule has 2 aromatic carbocycles. The minimum atomic E-state index is -0.0546. The number of hydrogen-bond acceptors (Lipinski definition) is 1. The average molecular weight is 404 g/mol. The highest BCUT2D eigenvalue weighted by Gasteiger charge is 2.16. The minimum absolute atomic E-state index is 0.0546. The maximum absolute atomic E-state index is 12.3. The van der Waals surface area contributed by atoms with Gasteiger partial charge < -0.3 is 5.32 Å². The monoisotopic (exact) mass is 404 g/mol. The summed E-state index contributed by atoms with van der Waals surface area (Å²) in [6.45, 7) is 4.06. The van der Waals surface area contributed by atoms with E-state index in [1.807, 2.05) is 64.0 Å². The molecule has 0 aliphatic rings. The number of anilines is 1. The lowest BCUT2D eigenvalue weighted by Gasteiger charge is -2.05. The number of carbonyl (C=O) groups is 1. The van der Waals surface area contributed by atoms with Crippen LogP contribution in [-0.2, 0) is 11.3 Å². The zero-order valence-electron chi connectivity index (χ0n) is 11.9. The van der Waals surface area contributed by atoms with Crippen LogP contribution in [0.4, 0.5) is 5.69 Å². The van der Waals surface area contributed by atoms with Gasteiger partial charge in [-0.25, -0.2) is 9.13 Å². The van der Waals surface area contributed by atoms with E-state index < -0.39 is 0 Å². The Kier molecular flexibility index (Phi) is 4.24. The number of carbonyl (C=O) groups excluding carboxylic acids is 1. The van der Waals surface area contributed by atoms with Crippen molar-refractivity contribution < 1.29 is 9.36 Å². The first-order chi connectivity index (χ1) is 10.7. The molecule has 1 heterocycles. The molecule has 0 spiro atoms. The Labute approximate surface area is 142 Å². The van der Waals surface area contributed by atoms with Crippen molar-refractivity contribution in [2.45, 2.75) is 6.54 Å². The van der Waals surface area contributed by atoms with Gasteiger partial charge in [0.15, 0.2) is 17.6 Å². The summed E-state index contributed by atoms with van der Waals surface area (Å²) in [6, 6.07) is 15.7. The average Bonchev–Trinajstić information content (AvgIpc) is 2.88. The Bertz CT molecular complexity index is 854. The largest absolute Gasteiger partial charge is 0.322 e. The second kappa shape index (κ2) is 6.31. The number of rotatable bonds is 4. The first-order valence-electron chi connectivity index (χ1n) is 6.85. The van der Waals surface area contributed by atoms with Crippen molar-refractivity contribution in [2.24, 2.45) is 0 Å². The van der Waals surface area contributed by atoms with Gasteiger partial charge in [0.1, 0.15) is 0 Å². The van der Waals surface area contributed by atoms with Gasteiger partial charge in [-0.15, -0.1) is 0 Å². The van der Waals surface area contributed by atoms with E-state index in [2.05, 4.69) is 34.5 Å². The highest BCUT2D eigenvalue weighted by molar-refractivity contribution is 14.1. The van der Waals surface area contributed by atoms with E-state index in [9.17, 15) is 4.79 Å². The minimum Gasteiger partial charge on any atom is -0.322 e. The quantitative estimate of drug-likeness (QED) is 0.526. The lowest BCUT2D eigenvalue weighted by atomic mass is 10.3. The summed E-state index contributed by atoms with van der Waals surface area (Å²) in [7, 11) is 0. The molecule has 3 aromatic rings. The maximum atomic E-state index is 12.3. The van der Waals surface area contributed by atoms with Crippen molar-refractivity contribution in [3.63, 3.8) is 0 Å². The van der Waals surface area contributed by atoms with Crippen LogP contribution in [0.1, 0.15) is 0 Å². The molecule has 1 aromatic heterocycles. The van der Waals surface area contributed by atoms with E-state index in [0.29, 0.717) is 0 Å². The van der Waals surface area contributed by atoms with E-state index >= 15 is 0 Å². The summed E-state index contributed by atoms with van der Waals surface area (Å²) in [6.07, 6.45) is 3.62. The van der Waals surface area contributed by atoms with Gasteiger partial charge >= 0.3 is 0 Å². The van der Waals surface area contributed by atoms with Gasteiger partial charge in [-0.2, -0.15) is 0 Å². The molecular weight excluding hydrogens is 389 g/mol. The number of aromatic nitrogens is 2. The molecule has 5 heteroatoms. The summed E-state index contributed by atoms with van der Waals surface area (Å²) in [5.41, 5.74) is 2.86. The third-order valence-corrected chi connectivity index (χ3v) is 4.33. The Morgan fingerprint density at radius 3 is 2.73 bits per heavy atom. The van der Waals surface area contributed by atoms with E-state index in [-0.39, 0.29) is 12.5 Å². The van der Waals surface area contributed by atoms with Crippen LogP contribution in [0.3, 0.4) is 0 Å². The van der Waals surface area contributed by atoms with Crippen LogP contribution in [0.5, 0.6) is 0 Å². The zero-order valence-corrected chi connectivity index (χ0v) is 14.0. The van der Waals surface area contributed by atoms with Gasteiger partial charge in [-0.1, -0.05) is 30.8 Å². The van der Waals surface area contributed by atoms with E-state index in [4.69, 9.17) is 0 Å². The number of fused-ring (bicyclic) bond motifs is 1. The van der Waals surface area contributed by atoms with Crippen LogP contribution in [0.15, 0.2) is 61.4 Å². The fraction of sp³-hybridized carbons (Fsp3) is 0.0588. The van der Waals surface area contributed by atoms with Crippen molar-refractivity contribution in [3.8, 4) is 0 Å². The topological polar surface area (TPSA) is 37.9 Å². The van der Waals surface area contributed by atoms with Gasteiger partial charge in [0.2, 0.25) is 6.33 Å². The highest BCUT2D eigenvalue weighted by Crippen LogP contribution is 2.17. The molecule has 110 valence electrons. The van der Waals surface area contributed by atoms with Crippen molar-refractivity contribution in [2.75, 3.05) is 5.32 Å². The second-order valence-corrected chi connectivity index (χ2v) is 6.01. The van der Waals surface area contributed by atoms with Crippen molar-refractivity contribution in [3.05, 3.63) is 65.0 Å². The SMILES string of the molecule is C=Cn1c[n+](CC(=O)Nc2ccccc2I)c2ccccc21. The number of benzene rings is 2. The van der Waals surface area contributed by atoms with Crippen LogP contribution in [-0.4, -0.2) is 10.5 Å². The molecule has 1 N–H and O–H groups in total. The van der Waals surface area contributed by atoms with Crippen molar-refractivity contribution in [1.82, 2.24) is 4.57 Å². The standard InChI is InChI=1S/C17H14IN3O/c1-2-20-12-21(16-10-6-5-9-15(16)20)11-17(22)19-14-8-4-3-7-13(14)18/h2-10,12H,1,11H2/p+1. The summed E-state index contributed by atoms with van der Waals surface area (Å²) < 4.78 is 4.85.